The van der Waals surface area contributed by atoms with Crippen molar-refractivity contribution in [1.82, 2.24) is 14.5 Å². The Morgan fingerprint density at radius 2 is 1.51 bits per heavy atom. The molecule has 1 aliphatic rings. The fourth-order valence-electron chi connectivity index (χ4n) is 7.08. The molecule has 7 heteroatoms. The van der Waals surface area contributed by atoms with Gasteiger partial charge in [-0.3, -0.25) is 4.90 Å². The molecule has 3 N–H and O–H groups in total. The van der Waals surface area contributed by atoms with Gasteiger partial charge in [0.1, 0.15) is 11.8 Å². The molecule has 1 saturated heterocycles. The Balaban J connectivity index is 1.65. The lowest BCUT2D eigenvalue weighted by Gasteiger charge is -2.48. The van der Waals surface area contributed by atoms with E-state index >= 15 is 0 Å². The van der Waals surface area contributed by atoms with Crippen molar-refractivity contribution in [3.05, 3.63) is 125 Å². The number of benzene rings is 3. The van der Waals surface area contributed by atoms with Crippen LogP contribution in [0.5, 0.6) is 0 Å². The number of aliphatic carboxylic acids is 1. The molecule has 0 bridgehead atoms. The van der Waals surface area contributed by atoms with Gasteiger partial charge in [-0.15, -0.1) is 0 Å². The Labute approximate surface area is 254 Å². The summed E-state index contributed by atoms with van der Waals surface area (Å²) in [4.78, 5) is 30.4. The van der Waals surface area contributed by atoms with Crippen molar-refractivity contribution in [2.45, 2.75) is 63.1 Å². The van der Waals surface area contributed by atoms with E-state index in [4.69, 9.17) is 10.7 Å². The predicted molar refractivity (Wildman–Crippen MR) is 169 cm³/mol. The molecule has 1 aliphatic heterocycles. The third-order valence-corrected chi connectivity index (χ3v) is 9.35. The van der Waals surface area contributed by atoms with Gasteiger partial charge < -0.3 is 20.2 Å². The van der Waals surface area contributed by atoms with Gasteiger partial charge >= 0.3 is 5.97 Å². The first-order valence-corrected chi connectivity index (χ1v) is 15.3. The van der Waals surface area contributed by atoms with Crippen molar-refractivity contribution in [1.29, 1.82) is 0 Å². The standard InChI is InChI=1S/C36H42N4O3/c1-3-28-24-35(37,34(42)43)39(22-14-7-15-23-41)25-32(28)33-27(2)40(26-38-33)36(29-16-8-4-9-17-29,30-18-10-5-11-19-30)31-20-12-6-13-21-31/h4-6,8-13,16-21,23,26,28,32H,3,7,14-15,22,24-25,37H2,1-2H3,(H,42,43). The molecule has 1 fully saturated rings. The number of aldehydes is 1. The SMILES string of the molecule is CCC1CC(N)(C(=O)O)N(CCCCC=O)CC1c1ncn(C(c2ccccc2)(c2ccccc2)c2ccccc2)c1C. The molecule has 5 rings (SSSR count). The van der Waals surface area contributed by atoms with Crippen LogP contribution in [0.2, 0.25) is 0 Å². The minimum atomic E-state index is -1.45. The third-order valence-electron chi connectivity index (χ3n) is 9.35. The monoisotopic (exact) mass is 578 g/mol. The molecule has 7 nitrogen and oxygen atoms in total. The summed E-state index contributed by atoms with van der Waals surface area (Å²) in [7, 11) is 0. The van der Waals surface area contributed by atoms with E-state index in [1.165, 1.54) is 0 Å². The second kappa shape index (κ2) is 13.1. The number of aromatic nitrogens is 2. The van der Waals surface area contributed by atoms with Gasteiger partial charge in [-0.1, -0.05) is 104 Å². The molecule has 0 saturated carbocycles. The van der Waals surface area contributed by atoms with E-state index in [1.54, 1.807) is 0 Å². The predicted octanol–water partition coefficient (Wildman–Crippen LogP) is 5.96. The minimum absolute atomic E-state index is 0.00775. The molecule has 4 aromatic rings. The van der Waals surface area contributed by atoms with Gasteiger partial charge in [0.15, 0.2) is 5.66 Å². The van der Waals surface area contributed by atoms with Crippen LogP contribution in [-0.4, -0.2) is 50.6 Å². The Bertz CT molecular complexity index is 1410. The maximum Gasteiger partial charge on any atom is 0.338 e. The zero-order chi connectivity index (χ0) is 30.5. The van der Waals surface area contributed by atoms with E-state index in [0.29, 0.717) is 38.8 Å². The lowest BCUT2D eigenvalue weighted by atomic mass is 9.74. The molecule has 0 spiro atoms. The molecule has 0 aliphatic carbocycles. The van der Waals surface area contributed by atoms with Crippen LogP contribution in [0.25, 0.3) is 0 Å². The van der Waals surface area contributed by atoms with Gasteiger partial charge in [0.05, 0.1) is 12.0 Å². The first kappa shape index (κ1) is 30.4. The van der Waals surface area contributed by atoms with E-state index in [1.807, 2.05) is 29.4 Å². The van der Waals surface area contributed by atoms with Gasteiger partial charge in [-0.05, 0) is 48.8 Å². The number of nitrogens with zero attached hydrogens (tertiary/aromatic N) is 3. The lowest BCUT2D eigenvalue weighted by Crippen LogP contribution is -2.66. The summed E-state index contributed by atoms with van der Waals surface area (Å²) >= 11 is 0. The van der Waals surface area contributed by atoms with Crippen molar-refractivity contribution in [2.75, 3.05) is 13.1 Å². The zero-order valence-corrected chi connectivity index (χ0v) is 25.1. The normalized spacial score (nSPS) is 21.0. The first-order valence-electron chi connectivity index (χ1n) is 15.3. The second-order valence-electron chi connectivity index (χ2n) is 11.7. The van der Waals surface area contributed by atoms with E-state index < -0.39 is 17.2 Å². The molecule has 3 atom stereocenters. The van der Waals surface area contributed by atoms with Crippen molar-refractivity contribution in [3.63, 3.8) is 0 Å². The number of hydrogen-bond donors (Lipinski definition) is 2. The van der Waals surface area contributed by atoms with Crippen LogP contribution in [0.3, 0.4) is 0 Å². The Morgan fingerprint density at radius 3 is 1.98 bits per heavy atom. The summed E-state index contributed by atoms with van der Waals surface area (Å²) in [6.45, 7) is 5.25. The lowest BCUT2D eigenvalue weighted by molar-refractivity contribution is -0.156. The summed E-state index contributed by atoms with van der Waals surface area (Å²) in [5.41, 5.74) is 9.90. The number of likely N-dealkylation sites (tertiary alicyclic amines) is 1. The number of carbonyl (C=O) groups excluding carboxylic acids is 1. The molecule has 3 unspecified atom stereocenters. The van der Waals surface area contributed by atoms with Gasteiger partial charge in [-0.2, -0.15) is 0 Å². The third kappa shape index (κ3) is 5.55. The Hall–Kier alpha value is -4.07. The number of hydrogen-bond acceptors (Lipinski definition) is 5. The van der Waals surface area contributed by atoms with Crippen molar-refractivity contribution in [2.24, 2.45) is 11.7 Å². The van der Waals surface area contributed by atoms with Crippen molar-refractivity contribution in [3.8, 4) is 0 Å². The average molecular weight is 579 g/mol. The molecular weight excluding hydrogens is 536 g/mol. The maximum absolute atomic E-state index is 12.5. The number of carbonyl (C=O) groups is 2. The van der Waals surface area contributed by atoms with Gasteiger partial charge in [-0.25, -0.2) is 9.78 Å². The quantitative estimate of drug-likeness (QED) is 0.122. The number of carboxylic acid groups (broad SMARTS) is 1. The molecule has 2 heterocycles. The fraction of sp³-hybridized carbons (Fsp3) is 0.361. The topological polar surface area (TPSA) is 101 Å². The van der Waals surface area contributed by atoms with Gasteiger partial charge in [0, 0.05) is 31.1 Å². The summed E-state index contributed by atoms with van der Waals surface area (Å²) in [6, 6.07) is 31.6. The first-order chi connectivity index (χ1) is 20.9. The van der Waals surface area contributed by atoms with Crippen LogP contribution in [0.4, 0.5) is 0 Å². The summed E-state index contributed by atoms with van der Waals surface area (Å²) in [5, 5.41) is 10.2. The summed E-state index contributed by atoms with van der Waals surface area (Å²) in [5.74, 6) is -0.944. The number of imidazole rings is 1. The number of rotatable bonds is 12. The van der Waals surface area contributed by atoms with Crippen molar-refractivity contribution < 1.29 is 14.7 Å². The number of carboxylic acids is 1. The molecule has 224 valence electrons. The van der Waals surface area contributed by atoms with Crippen LogP contribution in [0.15, 0.2) is 97.3 Å². The molecule has 0 radical (unpaired) electrons. The molecular formula is C36H42N4O3. The highest BCUT2D eigenvalue weighted by atomic mass is 16.4. The number of unbranched alkanes of at least 4 members (excludes halogenated alkanes) is 2. The maximum atomic E-state index is 12.5. The van der Waals surface area contributed by atoms with Crippen LogP contribution >= 0.6 is 0 Å². The second-order valence-corrected chi connectivity index (χ2v) is 11.7. The highest BCUT2D eigenvalue weighted by molar-refractivity contribution is 5.78. The molecule has 3 aromatic carbocycles. The molecule has 1 aromatic heterocycles. The highest BCUT2D eigenvalue weighted by Gasteiger charge is 2.50. The largest absolute Gasteiger partial charge is 0.479 e. The van der Waals surface area contributed by atoms with E-state index in [2.05, 4.69) is 91.2 Å². The zero-order valence-electron chi connectivity index (χ0n) is 25.1. The summed E-state index contributed by atoms with van der Waals surface area (Å²) in [6.07, 6.45) is 5.88. The van der Waals surface area contributed by atoms with Crippen molar-refractivity contribution >= 4 is 12.3 Å². The average Bonchev–Trinajstić information content (AvgIpc) is 3.42. The highest BCUT2D eigenvalue weighted by Crippen LogP contribution is 2.45. The van der Waals surface area contributed by atoms with Crippen LogP contribution in [0, 0.1) is 12.8 Å². The Kier molecular flexibility index (Phi) is 9.23. The smallest absolute Gasteiger partial charge is 0.338 e. The molecule has 0 amide bonds. The van der Waals surface area contributed by atoms with Gasteiger partial charge in [0.25, 0.3) is 0 Å². The van der Waals surface area contributed by atoms with E-state index in [-0.39, 0.29) is 11.8 Å². The molecule has 43 heavy (non-hydrogen) atoms. The van der Waals surface area contributed by atoms with Gasteiger partial charge in [0.2, 0.25) is 0 Å². The fourth-order valence-corrected chi connectivity index (χ4v) is 7.08. The van der Waals surface area contributed by atoms with Crippen LogP contribution in [-0.2, 0) is 15.1 Å². The van der Waals surface area contributed by atoms with Crippen LogP contribution < -0.4 is 5.73 Å². The summed E-state index contributed by atoms with van der Waals surface area (Å²) < 4.78 is 2.30. The number of piperidine rings is 1. The van der Waals surface area contributed by atoms with E-state index in [0.717, 1.165) is 40.8 Å². The Morgan fingerprint density at radius 1 is 0.977 bits per heavy atom. The van der Waals surface area contributed by atoms with Crippen LogP contribution in [0.1, 0.15) is 73.0 Å². The number of nitrogens with two attached hydrogens (primary N) is 1. The van der Waals surface area contributed by atoms with E-state index in [9.17, 15) is 14.7 Å². The minimum Gasteiger partial charge on any atom is -0.479 e.